The Labute approximate surface area is 153 Å². The second-order valence-corrected chi connectivity index (χ2v) is 6.29. The third-order valence-corrected chi connectivity index (χ3v) is 4.37. The van der Waals surface area contributed by atoms with Crippen LogP contribution in [0.25, 0.3) is 11.1 Å². The van der Waals surface area contributed by atoms with Crippen LogP contribution in [-0.2, 0) is 4.79 Å². The lowest BCUT2D eigenvalue weighted by molar-refractivity contribution is -0.123. The van der Waals surface area contributed by atoms with E-state index in [1.165, 1.54) is 0 Å². The summed E-state index contributed by atoms with van der Waals surface area (Å²) in [5.74, 6) is 1.13. The molecule has 1 atom stereocenters. The number of rotatable bonds is 7. The van der Waals surface area contributed by atoms with Gasteiger partial charge in [-0.15, -0.1) is 0 Å². The van der Waals surface area contributed by atoms with Crippen LogP contribution in [-0.4, -0.2) is 49.2 Å². The van der Waals surface area contributed by atoms with E-state index in [1.54, 1.807) is 19.5 Å². The summed E-state index contributed by atoms with van der Waals surface area (Å²) >= 11 is 0. The Kier molecular flexibility index (Phi) is 6.38. The molecule has 26 heavy (non-hydrogen) atoms. The van der Waals surface area contributed by atoms with Crippen molar-refractivity contribution in [2.24, 2.45) is 5.92 Å². The fourth-order valence-corrected chi connectivity index (χ4v) is 2.86. The molecule has 1 fully saturated rings. The van der Waals surface area contributed by atoms with Crippen molar-refractivity contribution in [3.8, 4) is 22.9 Å². The first kappa shape index (κ1) is 18.1. The van der Waals surface area contributed by atoms with Crippen molar-refractivity contribution >= 4 is 5.91 Å². The molecule has 2 aromatic rings. The fraction of sp³-hybridized carbons (Fsp3) is 0.421. The van der Waals surface area contributed by atoms with Crippen LogP contribution in [0.4, 0.5) is 0 Å². The number of methoxy groups -OCH3 is 1. The fourth-order valence-electron chi connectivity index (χ4n) is 2.86. The monoisotopic (exact) mass is 356 g/mol. The third kappa shape index (κ3) is 5.16. The largest absolute Gasteiger partial charge is 0.497 e. The van der Waals surface area contributed by atoms with Gasteiger partial charge in [-0.05, 0) is 49.5 Å². The highest BCUT2D eigenvalue weighted by molar-refractivity contribution is 5.77. The third-order valence-electron chi connectivity index (χ3n) is 4.37. The molecular weight excluding hydrogens is 332 g/mol. The topological polar surface area (TPSA) is 85.4 Å². The summed E-state index contributed by atoms with van der Waals surface area (Å²) in [6.45, 7) is 2.61. The van der Waals surface area contributed by atoms with Crippen LogP contribution in [0.5, 0.6) is 11.8 Å². The normalized spacial score (nSPS) is 16.7. The zero-order valence-corrected chi connectivity index (χ0v) is 14.9. The van der Waals surface area contributed by atoms with Crippen LogP contribution in [0.15, 0.2) is 36.7 Å². The van der Waals surface area contributed by atoms with E-state index in [9.17, 15) is 4.79 Å². The minimum atomic E-state index is -0.154. The molecular formula is C19H24N4O3. The zero-order chi connectivity index (χ0) is 18.2. The highest BCUT2D eigenvalue weighted by Gasteiger charge is 2.14. The molecule has 1 saturated heterocycles. The highest BCUT2D eigenvalue weighted by atomic mass is 16.5. The molecule has 1 amide bonds. The summed E-state index contributed by atoms with van der Waals surface area (Å²) in [4.78, 5) is 20.2. The standard InChI is InChI=1S/C19H24N4O3/c1-25-17-6-4-15(5-7-17)16-11-22-19(23-12-16)26-13-18(24)21-10-14-3-2-8-20-9-14/h4-7,11-12,14,20H,2-3,8-10,13H2,1H3,(H,21,24). The Morgan fingerprint density at radius 1 is 1.23 bits per heavy atom. The van der Waals surface area contributed by atoms with Gasteiger partial charge in [0.05, 0.1) is 7.11 Å². The van der Waals surface area contributed by atoms with Gasteiger partial charge in [0.1, 0.15) is 5.75 Å². The van der Waals surface area contributed by atoms with E-state index in [0.29, 0.717) is 12.5 Å². The van der Waals surface area contributed by atoms with Crippen LogP contribution in [0.3, 0.4) is 0 Å². The van der Waals surface area contributed by atoms with Gasteiger partial charge in [0, 0.05) is 24.5 Å². The second-order valence-electron chi connectivity index (χ2n) is 6.29. The van der Waals surface area contributed by atoms with E-state index in [4.69, 9.17) is 9.47 Å². The predicted octanol–water partition coefficient (Wildman–Crippen LogP) is 1.65. The number of ether oxygens (including phenoxy) is 2. The summed E-state index contributed by atoms with van der Waals surface area (Å²) in [6.07, 6.45) is 5.65. The molecule has 0 bridgehead atoms. The summed E-state index contributed by atoms with van der Waals surface area (Å²) in [7, 11) is 1.63. The van der Waals surface area contributed by atoms with Crippen LogP contribution in [0, 0.1) is 5.92 Å². The molecule has 7 nitrogen and oxygen atoms in total. The average Bonchev–Trinajstić information content (AvgIpc) is 2.72. The number of piperidine rings is 1. The van der Waals surface area contributed by atoms with E-state index >= 15 is 0 Å². The molecule has 138 valence electrons. The molecule has 0 saturated carbocycles. The minimum Gasteiger partial charge on any atom is -0.497 e. The number of carbonyl (C=O) groups excluding carboxylic acids is 1. The van der Waals surface area contributed by atoms with Crippen LogP contribution >= 0.6 is 0 Å². The number of hydrogen-bond donors (Lipinski definition) is 2. The molecule has 7 heteroatoms. The van der Waals surface area contributed by atoms with E-state index in [2.05, 4.69) is 20.6 Å². The van der Waals surface area contributed by atoms with Crippen molar-refractivity contribution in [3.05, 3.63) is 36.7 Å². The number of nitrogens with one attached hydrogen (secondary N) is 2. The maximum atomic E-state index is 11.9. The molecule has 1 unspecified atom stereocenters. The number of benzene rings is 1. The van der Waals surface area contributed by atoms with Gasteiger partial charge in [-0.3, -0.25) is 4.79 Å². The Morgan fingerprint density at radius 3 is 2.65 bits per heavy atom. The molecule has 2 N–H and O–H groups in total. The molecule has 2 heterocycles. The minimum absolute atomic E-state index is 0.0813. The molecule has 1 aliphatic heterocycles. The molecule has 1 aromatic carbocycles. The van der Waals surface area contributed by atoms with E-state index in [1.807, 2.05) is 24.3 Å². The Hall–Kier alpha value is -2.67. The molecule has 0 radical (unpaired) electrons. The van der Waals surface area contributed by atoms with E-state index < -0.39 is 0 Å². The number of nitrogens with zero attached hydrogens (tertiary/aromatic N) is 2. The Balaban J connectivity index is 1.45. The Morgan fingerprint density at radius 2 is 2.00 bits per heavy atom. The van der Waals surface area contributed by atoms with Gasteiger partial charge in [0.25, 0.3) is 5.91 Å². The smallest absolute Gasteiger partial charge is 0.316 e. The molecule has 1 aromatic heterocycles. The van der Waals surface area contributed by atoms with Gasteiger partial charge < -0.3 is 20.1 Å². The average molecular weight is 356 g/mol. The summed E-state index contributed by atoms with van der Waals surface area (Å²) in [5, 5.41) is 6.23. The van der Waals surface area contributed by atoms with Crippen molar-refractivity contribution in [1.82, 2.24) is 20.6 Å². The lowest BCUT2D eigenvalue weighted by atomic mass is 10.00. The lowest BCUT2D eigenvalue weighted by Crippen LogP contribution is -2.39. The summed E-state index contributed by atoms with van der Waals surface area (Å²) < 4.78 is 10.5. The van der Waals surface area contributed by atoms with Gasteiger partial charge in [-0.25, -0.2) is 9.97 Å². The van der Waals surface area contributed by atoms with Crippen molar-refractivity contribution < 1.29 is 14.3 Å². The number of carbonyl (C=O) groups is 1. The SMILES string of the molecule is COc1ccc(-c2cnc(OCC(=O)NCC3CCCNC3)nc2)cc1. The van der Waals surface area contributed by atoms with Gasteiger partial charge in [-0.2, -0.15) is 0 Å². The second kappa shape index (κ2) is 9.15. The molecule has 3 rings (SSSR count). The predicted molar refractivity (Wildman–Crippen MR) is 98.1 cm³/mol. The molecule has 0 aliphatic carbocycles. The van der Waals surface area contributed by atoms with Gasteiger partial charge in [-0.1, -0.05) is 12.1 Å². The maximum Gasteiger partial charge on any atom is 0.316 e. The number of hydrogen-bond acceptors (Lipinski definition) is 6. The first-order valence-corrected chi connectivity index (χ1v) is 8.81. The van der Waals surface area contributed by atoms with E-state index in [0.717, 1.165) is 42.8 Å². The van der Waals surface area contributed by atoms with Gasteiger partial charge >= 0.3 is 6.01 Å². The highest BCUT2D eigenvalue weighted by Crippen LogP contribution is 2.21. The van der Waals surface area contributed by atoms with Crippen molar-refractivity contribution in [2.45, 2.75) is 12.8 Å². The van der Waals surface area contributed by atoms with Crippen LogP contribution in [0.1, 0.15) is 12.8 Å². The Bertz CT molecular complexity index is 698. The molecule has 0 spiro atoms. The van der Waals surface area contributed by atoms with Gasteiger partial charge in [0.2, 0.25) is 0 Å². The number of amides is 1. The van der Waals surface area contributed by atoms with Crippen molar-refractivity contribution in [1.29, 1.82) is 0 Å². The van der Waals surface area contributed by atoms with Crippen molar-refractivity contribution in [2.75, 3.05) is 33.4 Å². The van der Waals surface area contributed by atoms with E-state index in [-0.39, 0.29) is 18.5 Å². The summed E-state index contributed by atoms with van der Waals surface area (Å²) in [5.41, 5.74) is 1.85. The first-order valence-electron chi connectivity index (χ1n) is 8.81. The summed E-state index contributed by atoms with van der Waals surface area (Å²) in [6, 6.07) is 7.83. The van der Waals surface area contributed by atoms with Gasteiger partial charge in [0.15, 0.2) is 6.61 Å². The van der Waals surface area contributed by atoms with Crippen LogP contribution in [0.2, 0.25) is 0 Å². The van der Waals surface area contributed by atoms with Crippen LogP contribution < -0.4 is 20.1 Å². The molecule has 1 aliphatic rings. The maximum absolute atomic E-state index is 11.9. The quantitative estimate of drug-likeness (QED) is 0.785. The van der Waals surface area contributed by atoms with Crippen molar-refractivity contribution in [3.63, 3.8) is 0 Å². The first-order chi connectivity index (χ1) is 12.7. The number of aromatic nitrogens is 2. The lowest BCUT2D eigenvalue weighted by Gasteiger charge is -2.22. The zero-order valence-electron chi connectivity index (χ0n) is 14.9.